The van der Waals surface area contributed by atoms with Crippen molar-refractivity contribution in [2.75, 3.05) is 0 Å². The molecule has 3 saturated carbocycles. The van der Waals surface area contributed by atoms with Crippen molar-refractivity contribution in [1.29, 1.82) is 0 Å². The van der Waals surface area contributed by atoms with Crippen molar-refractivity contribution in [1.82, 2.24) is 0 Å². The summed E-state index contributed by atoms with van der Waals surface area (Å²) in [6.07, 6.45) is 13.7. The van der Waals surface area contributed by atoms with Crippen LogP contribution in [0.2, 0.25) is 0 Å². The largest absolute Gasteiger partial charge is 0.0622 e. The van der Waals surface area contributed by atoms with E-state index in [4.69, 9.17) is 0 Å². The standard InChI is InChI=1S/C20H36/c1-14-8-9-15(2)18(14)20(12-6-5-7-13-20)19-16(3)10-11-17(19)4/h14-19H,5-13H2,1-4H3. The smallest absolute Gasteiger partial charge is 0.0231 e. The molecule has 0 heteroatoms. The fourth-order valence-electron chi connectivity index (χ4n) is 7.26. The van der Waals surface area contributed by atoms with Crippen molar-refractivity contribution in [2.45, 2.75) is 85.5 Å². The van der Waals surface area contributed by atoms with E-state index in [1.165, 1.54) is 44.9 Å². The molecule has 3 rings (SSSR count). The zero-order valence-electron chi connectivity index (χ0n) is 14.3. The van der Waals surface area contributed by atoms with Crippen LogP contribution in [0.4, 0.5) is 0 Å². The summed E-state index contributed by atoms with van der Waals surface area (Å²) in [6, 6.07) is 0. The average Bonchev–Trinajstić information content (AvgIpc) is 2.94. The molecule has 4 unspecified atom stereocenters. The van der Waals surface area contributed by atoms with Crippen LogP contribution in [0.25, 0.3) is 0 Å². The van der Waals surface area contributed by atoms with Gasteiger partial charge in [0.2, 0.25) is 0 Å². The molecule has 3 fully saturated rings. The highest BCUT2D eigenvalue weighted by Gasteiger charge is 2.54. The van der Waals surface area contributed by atoms with Gasteiger partial charge >= 0.3 is 0 Å². The van der Waals surface area contributed by atoms with Crippen LogP contribution in [-0.2, 0) is 0 Å². The molecule has 116 valence electrons. The maximum absolute atomic E-state index is 2.58. The fraction of sp³-hybridized carbons (Fsp3) is 1.00. The quantitative estimate of drug-likeness (QED) is 0.555. The summed E-state index contributed by atoms with van der Waals surface area (Å²) < 4.78 is 0. The summed E-state index contributed by atoms with van der Waals surface area (Å²) >= 11 is 0. The van der Waals surface area contributed by atoms with Crippen LogP contribution in [-0.4, -0.2) is 0 Å². The van der Waals surface area contributed by atoms with Gasteiger partial charge in [-0.3, -0.25) is 0 Å². The Labute approximate surface area is 127 Å². The van der Waals surface area contributed by atoms with E-state index in [0.717, 1.165) is 40.9 Å². The van der Waals surface area contributed by atoms with Crippen LogP contribution in [0.1, 0.15) is 85.5 Å². The maximum atomic E-state index is 2.58. The van der Waals surface area contributed by atoms with E-state index in [-0.39, 0.29) is 0 Å². The molecule has 0 saturated heterocycles. The molecular weight excluding hydrogens is 240 g/mol. The Bertz CT molecular complexity index is 279. The normalized spacial score (nSPS) is 48.6. The first-order chi connectivity index (χ1) is 9.56. The van der Waals surface area contributed by atoms with Crippen molar-refractivity contribution in [3.8, 4) is 0 Å². The first-order valence-electron chi connectivity index (χ1n) is 9.56. The average molecular weight is 277 g/mol. The molecule has 20 heavy (non-hydrogen) atoms. The lowest BCUT2D eigenvalue weighted by molar-refractivity contribution is -0.0413. The lowest BCUT2D eigenvalue weighted by Crippen LogP contribution is -2.46. The van der Waals surface area contributed by atoms with E-state index in [1.54, 1.807) is 12.8 Å². The zero-order chi connectivity index (χ0) is 14.3. The third-order valence-electron chi connectivity index (χ3n) is 7.72. The van der Waals surface area contributed by atoms with E-state index in [1.807, 2.05) is 0 Å². The maximum Gasteiger partial charge on any atom is -0.0231 e. The van der Waals surface area contributed by atoms with Gasteiger partial charge in [-0.2, -0.15) is 0 Å². The zero-order valence-corrected chi connectivity index (χ0v) is 14.3. The van der Waals surface area contributed by atoms with Crippen LogP contribution in [0, 0.1) is 40.9 Å². The van der Waals surface area contributed by atoms with E-state index >= 15 is 0 Å². The molecule has 0 aromatic heterocycles. The van der Waals surface area contributed by atoms with Crippen molar-refractivity contribution in [3.05, 3.63) is 0 Å². The van der Waals surface area contributed by atoms with E-state index in [9.17, 15) is 0 Å². The molecule has 3 aliphatic rings. The SMILES string of the molecule is CC1CCC(C)C1C1(C2C(C)CCC2C)CCCCC1. The van der Waals surface area contributed by atoms with Gasteiger partial charge < -0.3 is 0 Å². The van der Waals surface area contributed by atoms with Gasteiger partial charge in [0.05, 0.1) is 0 Å². The van der Waals surface area contributed by atoms with Crippen LogP contribution < -0.4 is 0 Å². The molecule has 0 aromatic rings. The second-order valence-electron chi connectivity index (χ2n) is 8.91. The summed E-state index contributed by atoms with van der Waals surface area (Å²) in [6.45, 7) is 10.3. The Morgan fingerprint density at radius 3 is 1.25 bits per heavy atom. The highest BCUT2D eigenvalue weighted by atomic mass is 14.6. The number of rotatable bonds is 2. The van der Waals surface area contributed by atoms with Crippen LogP contribution in [0.5, 0.6) is 0 Å². The molecule has 0 aromatic carbocycles. The molecule has 0 bridgehead atoms. The number of hydrogen-bond donors (Lipinski definition) is 0. The summed E-state index contributed by atoms with van der Waals surface area (Å²) in [5.41, 5.74) is 0.725. The molecule has 0 aliphatic heterocycles. The molecule has 0 spiro atoms. The van der Waals surface area contributed by atoms with Crippen LogP contribution in [0.15, 0.2) is 0 Å². The van der Waals surface area contributed by atoms with E-state index in [2.05, 4.69) is 27.7 Å². The molecule has 0 amide bonds. The third-order valence-corrected chi connectivity index (χ3v) is 7.72. The molecule has 3 aliphatic carbocycles. The lowest BCUT2D eigenvalue weighted by atomic mass is 9.52. The number of hydrogen-bond acceptors (Lipinski definition) is 0. The summed E-state index contributed by atoms with van der Waals surface area (Å²) in [7, 11) is 0. The topological polar surface area (TPSA) is 0 Å². The first kappa shape index (κ1) is 14.9. The Balaban J connectivity index is 1.95. The lowest BCUT2D eigenvalue weighted by Gasteiger charge is -2.53. The summed E-state index contributed by atoms with van der Waals surface area (Å²) in [4.78, 5) is 0. The van der Waals surface area contributed by atoms with Gasteiger partial charge in [-0.25, -0.2) is 0 Å². The van der Waals surface area contributed by atoms with Gasteiger partial charge in [0, 0.05) is 0 Å². The molecule has 0 heterocycles. The molecule has 0 radical (unpaired) electrons. The second kappa shape index (κ2) is 5.65. The predicted molar refractivity (Wildman–Crippen MR) is 87.6 cm³/mol. The predicted octanol–water partition coefficient (Wildman–Crippen LogP) is 6.30. The minimum Gasteiger partial charge on any atom is -0.0622 e. The van der Waals surface area contributed by atoms with E-state index < -0.39 is 0 Å². The Morgan fingerprint density at radius 2 is 0.900 bits per heavy atom. The molecule has 0 nitrogen and oxygen atoms in total. The molecular formula is C20H36. The molecule has 0 N–H and O–H groups in total. The summed E-state index contributed by atoms with van der Waals surface area (Å²) in [5, 5.41) is 0. The Morgan fingerprint density at radius 1 is 0.550 bits per heavy atom. The third kappa shape index (κ3) is 2.26. The van der Waals surface area contributed by atoms with Gasteiger partial charge in [0.1, 0.15) is 0 Å². The molecule has 4 atom stereocenters. The van der Waals surface area contributed by atoms with Gasteiger partial charge in [-0.1, -0.05) is 72.6 Å². The van der Waals surface area contributed by atoms with Crippen molar-refractivity contribution < 1.29 is 0 Å². The highest BCUT2D eigenvalue weighted by Crippen LogP contribution is 2.62. The Hall–Kier alpha value is 0. The van der Waals surface area contributed by atoms with E-state index in [0.29, 0.717) is 0 Å². The van der Waals surface area contributed by atoms with Gasteiger partial charge in [0.25, 0.3) is 0 Å². The fourth-order valence-corrected chi connectivity index (χ4v) is 7.26. The summed E-state index contributed by atoms with van der Waals surface area (Å²) in [5.74, 6) is 6.03. The van der Waals surface area contributed by atoms with Crippen LogP contribution in [0.3, 0.4) is 0 Å². The minimum absolute atomic E-state index is 0.725. The highest BCUT2D eigenvalue weighted by molar-refractivity contribution is 5.03. The Kier molecular flexibility index (Phi) is 4.22. The van der Waals surface area contributed by atoms with Gasteiger partial charge in [-0.05, 0) is 53.8 Å². The minimum atomic E-state index is 0.725. The van der Waals surface area contributed by atoms with Gasteiger partial charge in [0.15, 0.2) is 0 Å². The van der Waals surface area contributed by atoms with Crippen molar-refractivity contribution in [3.63, 3.8) is 0 Å². The first-order valence-corrected chi connectivity index (χ1v) is 9.56. The van der Waals surface area contributed by atoms with Crippen LogP contribution >= 0.6 is 0 Å². The van der Waals surface area contributed by atoms with Crippen molar-refractivity contribution >= 4 is 0 Å². The second-order valence-corrected chi connectivity index (χ2v) is 8.91. The van der Waals surface area contributed by atoms with Gasteiger partial charge in [-0.15, -0.1) is 0 Å². The van der Waals surface area contributed by atoms with Crippen molar-refractivity contribution in [2.24, 2.45) is 40.9 Å². The monoisotopic (exact) mass is 276 g/mol.